The lowest BCUT2D eigenvalue weighted by Crippen LogP contribution is -2.43. The molecule has 0 bridgehead atoms. The Morgan fingerprint density at radius 1 is 1.15 bits per heavy atom. The van der Waals surface area contributed by atoms with E-state index in [9.17, 15) is 9.90 Å². The molecular formula is C18H20ClN5O2. The molecule has 0 unspecified atom stereocenters. The van der Waals surface area contributed by atoms with Gasteiger partial charge in [0.25, 0.3) is 5.91 Å². The van der Waals surface area contributed by atoms with Gasteiger partial charge < -0.3 is 15.3 Å². The van der Waals surface area contributed by atoms with Crippen LogP contribution in [-0.2, 0) is 0 Å². The molecule has 0 spiro atoms. The summed E-state index contributed by atoms with van der Waals surface area (Å²) in [6.45, 7) is 1.34. The van der Waals surface area contributed by atoms with Gasteiger partial charge in [0.05, 0.1) is 23.4 Å². The molecule has 0 aromatic carbocycles. The van der Waals surface area contributed by atoms with Gasteiger partial charge in [-0.15, -0.1) is 0 Å². The van der Waals surface area contributed by atoms with Gasteiger partial charge in [0.1, 0.15) is 11.5 Å². The van der Waals surface area contributed by atoms with Crippen molar-refractivity contribution in [3.05, 3.63) is 47.6 Å². The van der Waals surface area contributed by atoms with Crippen molar-refractivity contribution in [1.29, 1.82) is 0 Å². The summed E-state index contributed by atoms with van der Waals surface area (Å²) < 4.78 is 0. The molecule has 1 amide bonds. The zero-order valence-corrected chi connectivity index (χ0v) is 14.9. The number of nitrogens with zero attached hydrogens (tertiary/aromatic N) is 4. The molecule has 7 nitrogen and oxygen atoms in total. The Morgan fingerprint density at radius 3 is 2.65 bits per heavy atom. The van der Waals surface area contributed by atoms with Crippen LogP contribution >= 0.6 is 11.6 Å². The maximum absolute atomic E-state index is 12.7. The van der Waals surface area contributed by atoms with Gasteiger partial charge in [0.2, 0.25) is 0 Å². The summed E-state index contributed by atoms with van der Waals surface area (Å²) in [5.41, 5.74) is 0.405. The Labute approximate surface area is 156 Å². The van der Waals surface area contributed by atoms with Crippen LogP contribution in [0.1, 0.15) is 23.3 Å². The Morgan fingerprint density at radius 2 is 1.96 bits per heavy atom. The second kappa shape index (κ2) is 7.17. The molecule has 1 saturated heterocycles. The summed E-state index contributed by atoms with van der Waals surface area (Å²) in [4.78, 5) is 26.9. The summed E-state index contributed by atoms with van der Waals surface area (Å²) in [6, 6.07) is 3.24. The molecule has 2 N–H and O–H groups in total. The number of carbonyl (C=O) groups excluding carboxylic acids is 1. The van der Waals surface area contributed by atoms with E-state index in [-0.39, 0.29) is 11.9 Å². The molecule has 2 aromatic heterocycles. The van der Waals surface area contributed by atoms with Crippen LogP contribution in [0, 0.1) is 11.8 Å². The van der Waals surface area contributed by atoms with Gasteiger partial charge in [-0.3, -0.25) is 9.78 Å². The molecule has 8 heteroatoms. The normalized spacial score (nSPS) is 27.8. The molecule has 26 heavy (non-hydrogen) atoms. The van der Waals surface area contributed by atoms with Crippen LogP contribution < -0.4 is 5.32 Å². The van der Waals surface area contributed by atoms with Crippen LogP contribution in [0.2, 0.25) is 5.02 Å². The molecule has 1 aliphatic carbocycles. The number of amides is 1. The quantitative estimate of drug-likeness (QED) is 0.853. The largest absolute Gasteiger partial charge is 0.391 e. The Balaban J connectivity index is 1.42. The second-order valence-corrected chi connectivity index (χ2v) is 7.41. The van der Waals surface area contributed by atoms with E-state index in [1.807, 2.05) is 4.90 Å². The lowest BCUT2D eigenvalue weighted by atomic mass is 9.77. The highest BCUT2D eigenvalue weighted by atomic mass is 35.5. The van der Waals surface area contributed by atoms with Crippen molar-refractivity contribution >= 4 is 23.3 Å². The van der Waals surface area contributed by atoms with Crippen LogP contribution in [0.4, 0.5) is 5.82 Å². The predicted octanol–water partition coefficient (Wildman–Crippen LogP) is 1.85. The number of likely N-dealkylation sites (tertiary alicyclic amines) is 1. The first-order chi connectivity index (χ1) is 12.6. The first kappa shape index (κ1) is 17.2. The lowest BCUT2D eigenvalue weighted by molar-refractivity contribution is 0.0726. The van der Waals surface area contributed by atoms with Crippen LogP contribution in [0.15, 0.2) is 36.9 Å². The SMILES string of the molecule is O=C(c1ccc(Cl)cn1)N1C[C@H]2C[C@@H](Nc3cnccn3)[C@H](O)C[C@H]2C1. The molecule has 1 saturated carbocycles. The fraction of sp³-hybridized carbons (Fsp3) is 0.444. The second-order valence-electron chi connectivity index (χ2n) is 6.97. The molecular weight excluding hydrogens is 354 g/mol. The summed E-state index contributed by atoms with van der Waals surface area (Å²) >= 11 is 5.84. The highest BCUT2D eigenvalue weighted by molar-refractivity contribution is 6.30. The van der Waals surface area contributed by atoms with Gasteiger partial charge in [0.15, 0.2) is 0 Å². The van der Waals surface area contributed by atoms with Crippen LogP contribution in [-0.4, -0.2) is 56.1 Å². The molecule has 1 aliphatic heterocycles. The standard InChI is InChI=1S/C18H20ClN5O2/c19-13-1-2-14(22-7-13)18(26)24-9-11-5-15(16(25)6-12(11)10-24)23-17-8-20-3-4-21-17/h1-4,7-8,11-12,15-16,25H,5-6,9-10H2,(H,21,23)/t11-,12+,15-,16-/m1/s1. The highest BCUT2D eigenvalue weighted by Gasteiger charge is 2.43. The highest BCUT2D eigenvalue weighted by Crippen LogP contribution is 2.37. The number of aliphatic hydroxyl groups is 1. The van der Waals surface area contributed by atoms with Crippen molar-refractivity contribution in [2.24, 2.45) is 11.8 Å². The Kier molecular flexibility index (Phi) is 4.74. The lowest BCUT2D eigenvalue weighted by Gasteiger charge is -2.35. The van der Waals surface area contributed by atoms with Gasteiger partial charge in [-0.05, 0) is 36.8 Å². The number of aliphatic hydroxyl groups excluding tert-OH is 1. The number of anilines is 1. The fourth-order valence-corrected chi connectivity index (χ4v) is 4.09. The number of nitrogens with one attached hydrogen (secondary N) is 1. The average molecular weight is 374 g/mol. The number of hydrogen-bond donors (Lipinski definition) is 2. The molecule has 2 aromatic rings. The minimum atomic E-state index is -0.470. The zero-order valence-electron chi connectivity index (χ0n) is 14.1. The molecule has 4 rings (SSSR count). The molecule has 0 radical (unpaired) electrons. The van der Waals surface area contributed by atoms with E-state index in [2.05, 4.69) is 20.3 Å². The Hall–Kier alpha value is -2.25. The topological polar surface area (TPSA) is 91.2 Å². The monoisotopic (exact) mass is 373 g/mol. The summed E-state index contributed by atoms with van der Waals surface area (Å²) in [7, 11) is 0. The number of fused-ring (bicyclic) bond motifs is 1. The van der Waals surface area contributed by atoms with Crippen molar-refractivity contribution in [3.8, 4) is 0 Å². The first-order valence-electron chi connectivity index (χ1n) is 8.71. The Bertz CT molecular complexity index is 773. The molecule has 3 heterocycles. The summed E-state index contributed by atoms with van der Waals surface area (Å²) in [5, 5.41) is 14.3. The maximum Gasteiger partial charge on any atom is 0.272 e. The van der Waals surface area contributed by atoms with E-state index in [1.165, 1.54) is 6.20 Å². The van der Waals surface area contributed by atoms with E-state index < -0.39 is 6.10 Å². The average Bonchev–Trinajstić information content (AvgIpc) is 3.05. The van der Waals surface area contributed by atoms with E-state index in [1.54, 1.807) is 30.7 Å². The third-order valence-electron chi connectivity index (χ3n) is 5.27. The summed E-state index contributed by atoms with van der Waals surface area (Å²) in [5.74, 6) is 1.24. The number of carbonyl (C=O) groups is 1. The van der Waals surface area contributed by atoms with Crippen molar-refractivity contribution < 1.29 is 9.90 Å². The maximum atomic E-state index is 12.7. The van der Waals surface area contributed by atoms with Crippen LogP contribution in [0.25, 0.3) is 0 Å². The van der Waals surface area contributed by atoms with Crippen molar-refractivity contribution in [2.45, 2.75) is 25.0 Å². The third kappa shape index (κ3) is 3.50. The van der Waals surface area contributed by atoms with Crippen molar-refractivity contribution in [3.63, 3.8) is 0 Å². The smallest absolute Gasteiger partial charge is 0.272 e. The fourth-order valence-electron chi connectivity index (χ4n) is 3.98. The van der Waals surface area contributed by atoms with E-state index in [0.29, 0.717) is 47.9 Å². The van der Waals surface area contributed by atoms with Gasteiger partial charge >= 0.3 is 0 Å². The van der Waals surface area contributed by atoms with Gasteiger partial charge in [-0.25, -0.2) is 9.97 Å². The molecule has 2 aliphatic rings. The molecule has 4 atom stereocenters. The van der Waals surface area contributed by atoms with Gasteiger partial charge in [0, 0.05) is 31.7 Å². The minimum absolute atomic E-state index is 0.0796. The van der Waals surface area contributed by atoms with Gasteiger partial charge in [-0.1, -0.05) is 11.6 Å². The number of aromatic nitrogens is 3. The number of hydrogen-bond acceptors (Lipinski definition) is 6. The molecule has 2 fully saturated rings. The van der Waals surface area contributed by atoms with E-state index >= 15 is 0 Å². The van der Waals surface area contributed by atoms with Crippen molar-refractivity contribution in [1.82, 2.24) is 19.9 Å². The van der Waals surface area contributed by atoms with Crippen molar-refractivity contribution in [2.75, 3.05) is 18.4 Å². The number of rotatable bonds is 3. The number of halogens is 1. The van der Waals surface area contributed by atoms with Gasteiger partial charge in [-0.2, -0.15) is 0 Å². The first-order valence-corrected chi connectivity index (χ1v) is 9.09. The zero-order chi connectivity index (χ0) is 18.1. The summed E-state index contributed by atoms with van der Waals surface area (Å²) in [6.07, 6.45) is 7.36. The van der Waals surface area contributed by atoms with Crippen LogP contribution in [0.5, 0.6) is 0 Å². The van der Waals surface area contributed by atoms with Crippen LogP contribution in [0.3, 0.4) is 0 Å². The minimum Gasteiger partial charge on any atom is -0.391 e. The molecule has 136 valence electrons. The third-order valence-corrected chi connectivity index (χ3v) is 5.50. The van der Waals surface area contributed by atoms with E-state index in [4.69, 9.17) is 11.6 Å². The number of pyridine rings is 1. The van der Waals surface area contributed by atoms with E-state index in [0.717, 1.165) is 6.42 Å². The predicted molar refractivity (Wildman–Crippen MR) is 96.8 cm³/mol.